The molecule has 1 saturated heterocycles. The number of rotatable bonds is 5. The van der Waals surface area contributed by atoms with E-state index in [4.69, 9.17) is 0 Å². The monoisotopic (exact) mass is 329 g/mol. The van der Waals surface area contributed by atoms with Gasteiger partial charge < -0.3 is 4.90 Å². The molecule has 3 nitrogen and oxygen atoms in total. The second-order valence-electron chi connectivity index (χ2n) is 5.34. The molecule has 2 aromatic carbocycles. The van der Waals surface area contributed by atoms with Crippen molar-refractivity contribution in [1.82, 2.24) is 0 Å². The van der Waals surface area contributed by atoms with Crippen LogP contribution < -0.4 is 4.90 Å². The van der Waals surface area contributed by atoms with E-state index in [0.29, 0.717) is 16.9 Å². The molecule has 0 spiro atoms. The molecule has 1 fully saturated rings. The summed E-state index contributed by atoms with van der Waals surface area (Å²) in [6, 6.07) is 13.5. The number of hydrogen-bond donors (Lipinski definition) is 0. The van der Waals surface area contributed by atoms with Crippen molar-refractivity contribution in [2.75, 3.05) is 17.2 Å². The second-order valence-corrected chi connectivity index (χ2v) is 6.36. The molecule has 3 rings (SSSR count). The van der Waals surface area contributed by atoms with Crippen LogP contribution in [-0.4, -0.2) is 24.0 Å². The van der Waals surface area contributed by atoms with Gasteiger partial charge in [0.1, 0.15) is 5.82 Å². The van der Waals surface area contributed by atoms with Crippen LogP contribution in [-0.2, 0) is 4.79 Å². The summed E-state index contributed by atoms with van der Waals surface area (Å²) in [6.07, 6.45) is 1.46. The van der Waals surface area contributed by atoms with Gasteiger partial charge in [-0.1, -0.05) is 12.1 Å². The maximum absolute atomic E-state index is 13.5. The van der Waals surface area contributed by atoms with E-state index in [9.17, 15) is 14.0 Å². The number of halogens is 1. The van der Waals surface area contributed by atoms with Gasteiger partial charge in [-0.2, -0.15) is 0 Å². The first-order chi connectivity index (χ1) is 11.1. The molecule has 0 aliphatic carbocycles. The zero-order valence-electron chi connectivity index (χ0n) is 12.5. The van der Waals surface area contributed by atoms with Crippen molar-refractivity contribution in [3.05, 3.63) is 59.9 Å². The van der Waals surface area contributed by atoms with Gasteiger partial charge in [0.2, 0.25) is 5.91 Å². The summed E-state index contributed by atoms with van der Waals surface area (Å²) in [5, 5.41) is 0. The Hall–Kier alpha value is -2.14. The second kappa shape index (κ2) is 6.96. The van der Waals surface area contributed by atoms with Gasteiger partial charge in [0.25, 0.3) is 0 Å². The van der Waals surface area contributed by atoms with Gasteiger partial charge in [-0.05, 0) is 42.8 Å². The summed E-state index contributed by atoms with van der Waals surface area (Å²) < 4.78 is 13.5. The summed E-state index contributed by atoms with van der Waals surface area (Å²) in [6.45, 7) is 0.731. The van der Waals surface area contributed by atoms with Crippen LogP contribution in [0.5, 0.6) is 0 Å². The highest BCUT2D eigenvalue weighted by Gasteiger charge is 2.21. The van der Waals surface area contributed by atoms with Crippen LogP contribution in [0.1, 0.15) is 23.2 Å². The summed E-state index contributed by atoms with van der Waals surface area (Å²) in [5.41, 5.74) is 1.40. The molecule has 0 N–H and O–H groups in total. The van der Waals surface area contributed by atoms with E-state index in [0.717, 1.165) is 18.7 Å². The minimum absolute atomic E-state index is 0.0578. The molecular weight excluding hydrogens is 313 g/mol. The molecule has 2 aromatic rings. The van der Waals surface area contributed by atoms with Crippen molar-refractivity contribution in [3.63, 3.8) is 0 Å². The fraction of sp³-hybridized carbons (Fsp3) is 0.222. The quantitative estimate of drug-likeness (QED) is 0.616. The Morgan fingerprint density at radius 1 is 1.13 bits per heavy atom. The first kappa shape index (κ1) is 15.7. The molecule has 23 heavy (non-hydrogen) atoms. The van der Waals surface area contributed by atoms with Crippen molar-refractivity contribution < 1.29 is 14.0 Å². The summed E-state index contributed by atoms with van der Waals surface area (Å²) in [5.74, 6) is -0.0620. The first-order valence-electron chi connectivity index (χ1n) is 7.46. The van der Waals surface area contributed by atoms with Crippen molar-refractivity contribution in [1.29, 1.82) is 0 Å². The Bertz CT molecular complexity index is 730. The number of Topliss-reactive ketones (excluding diaryl/α,β-unsaturated/α-hetero) is 1. The van der Waals surface area contributed by atoms with Gasteiger partial charge in [-0.3, -0.25) is 9.59 Å². The predicted octanol–water partition coefficient (Wildman–Crippen LogP) is 3.93. The van der Waals surface area contributed by atoms with Crippen LogP contribution in [0.2, 0.25) is 0 Å². The van der Waals surface area contributed by atoms with E-state index < -0.39 is 0 Å². The molecule has 1 aliphatic heterocycles. The molecule has 118 valence electrons. The minimum atomic E-state index is -0.312. The van der Waals surface area contributed by atoms with Gasteiger partial charge >= 0.3 is 0 Å². The highest BCUT2D eigenvalue weighted by Crippen LogP contribution is 2.24. The molecule has 1 heterocycles. The number of carbonyl (C=O) groups is 2. The Labute approximate surface area is 138 Å². The highest BCUT2D eigenvalue weighted by molar-refractivity contribution is 8.00. The summed E-state index contributed by atoms with van der Waals surface area (Å²) in [4.78, 5) is 26.1. The molecular formula is C18H16FNO2S. The number of nitrogens with zero attached hydrogens (tertiary/aromatic N) is 1. The van der Waals surface area contributed by atoms with Gasteiger partial charge in [-0.15, -0.1) is 11.8 Å². The first-order valence-corrected chi connectivity index (χ1v) is 8.44. The van der Waals surface area contributed by atoms with E-state index in [1.165, 1.54) is 17.8 Å². The lowest BCUT2D eigenvalue weighted by Gasteiger charge is -2.15. The summed E-state index contributed by atoms with van der Waals surface area (Å²) >= 11 is 1.19. The number of hydrogen-bond acceptors (Lipinski definition) is 3. The summed E-state index contributed by atoms with van der Waals surface area (Å²) in [7, 11) is 0. The Morgan fingerprint density at radius 2 is 1.87 bits per heavy atom. The average Bonchev–Trinajstić information content (AvgIpc) is 3.00. The number of thioether (sulfide) groups is 1. The number of anilines is 1. The van der Waals surface area contributed by atoms with Gasteiger partial charge in [-0.25, -0.2) is 4.39 Å². The lowest BCUT2D eigenvalue weighted by atomic mass is 10.1. The lowest BCUT2D eigenvalue weighted by molar-refractivity contribution is -0.117. The molecule has 1 amide bonds. The molecule has 0 saturated carbocycles. The van der Waals surface area contributed by atoms with Crippen LogP contribution in [0.25, 0.3) is 0 Å². The fourth-order valence-electron chi connectivity index (χ4n) is 2.54. The minimum Gasteiger partial charge on any atom is -0.312 e. The molecule has 0 aromatic heterocycles. The Balaban J connectivity index is 1.64. The van der Waals surface area contributed by atoms with E-state index in [1.807, 2.05) is 0 Å². The molecule has 5 heteroatoms. The van der Waals surface area contributed by atoms with Crippen molar-refractivity contribution in [2.45, 2.75) is 17.7 Å². The van der Waals surface area contributed by atoms with E-state index in [2.05, 4.69) is 0 Å². The lowest BCUT2D eigenvalue weighted by Crippen LogP contribution is -2.23. The van der Waals surface area contributed by atoms with Crippen LogP contribution in [0, 0.1) is 5.82 Å². The average molecular weight is 329 g/mol. The SMILES string of the molecule is O=C(CSc1ccccc1F)c1ccc(N2CCCC2=O)cc1. The number of benzene rings is 2. The molecule has 1 aliphatic rings. The maximum atomic E-state index is 13.5. The molecule has 0 radical (unpaired) electrons. The molecule has 0 bridgehead atoms. The van der Waals surface area contributed by atoms with Gasteiger partial charge in [0.05, 0.1) is 5.75 Å². The molecule has 0 unspecified atom stereocenters. The van der Waals surface area contributed by atoms with Gasteiger partial charge in [0, 0.05) is 29.1 Å². The predicted molar refractivity (Wildman–Crippen MR) is 89.5 cm³/mol. The van der Waals surface area contributed by atoms with Crippen LogP contribution in [0.4, 0.5) is 10.1 Å². The third-order valence-corrected chi connectivity index (χ3v) is 4.82. The largest absolute Gasteiger partial charge is 0.312 e. The normalized spacial score (nSPS) is 14.3. The standard InChI is InChI=1S/C18H16FNO2S/c19-15-4-1-2-5-17(15)23-12-16(21)13-7-9-14(10-8-13)20-11-3-6-18(20)22/h1-2,4-5,7-10H,3,6,11-12H2. The van der Waals surface area contributed by atoms with Gasteiger partial charge in [0.15, 0.2) is 5.78 Å². The number of carbonyl (C=O) groups excluding carboxylic acids is 2. The van der Waals surface area contributed by atoms with Crippen molar-refractivity contribution in [2.24, 2.45) is 0 Å². The Morgan fingerprint density at radius 3 is 2.52 bits per heavy atom. The van der Waals surface area contributed by atoms with Crippen molar-refractivity contribution >= 4 is 29.1 Å². The third-order valence-electron chi connectivity index (χ3n) is 3.77. The van der Waals surface area contributed by atoms with E-state index in [-0.39, 0.29) is 23.3 Å². The van der Waals surface area contributed by atoms with E-state index >= 15 is 0 Å². The smallest absolute Gasteiger partial charge is 0.227 e. The van der Waals surface area contributed by atoms with E-state index in [1.54, 1.807) is 47.4 Å². The van der Waals surface area contributed by atoms with Crippen LogP contribution in [0.3, 0.4) is 0 Å². The van der Waals surface area contributed by atoms with Crippen molar-refractivity contribution in [3.8, 4) is 0 Å². The zero-order chi connectivity index (χ0) is 16.2. The zero-order valence-corrected chi connectivity index (χ0v) is 13.3. The fourth-order valence-corrected chi connectivity index (χ4v) is 3.37. The number of ketones is 1. The van der Waals surface area contributed by atoms with Crippen LogP contribution >= 0.6 is 11.8 Å². The van der Waals surface area contributed by atoms with Crippen LogP contribution in [0.15, 0.2) is 53.4 Å². The number of amides is 1. The Kier molecular flexibility index (Phi) is 4.76. The maximum Gasteiger partial charge on any atom is 0.227 e. The highest BCUT2D eigenvalue weighted by atomic mass is 32.2. The third kappa shape index (κ3) is 3.62. The molecule has 0 atom stereocenters. The topological polar surface area (TPSA) is 37.4 Å².